The lowest BCUT2D eigenvalue weighted by molar-refractivity contribution is -0.120. The van der Waals surface area contributed by atoms with Crippen LogP contribution in [0.1, 0.15) is 12.0 Å². The van der Waals surface area contributed by atoms with E-state index in [0.29, 0.717) is 13.0 Å². The highest BCUT2D eigenvalue weighted by Crippen LogP contribution is 2.16. The van der Waals surface area contributed by atoms with Crippen molar-refractivity contribution in [2.75, 3.05) is 18.9 Å². The van der Waals surface area contributed by atoms with Gasteiger partial charge >= 0.3 is 0 Å². The van der Waals surface area contributed by atoms with Crippen molar-refractivity contribution in [1.82, 2.24) is 10.3 Å². The molecule has 1 aromatic rings. The first-order valence-corrected chi connectivity index (χ1v) is 5.49. The molecule has 5 heteroatoms. The number of hydrogen-bond acceptors (Lipinski definition) is 3. The lowest BCUT2D eigenvalue weighted by Crippen LogP contribution is -2.21. The second-order valence-corrected chi connectivity index (χ2v) is 4.08. The molecule has 82 valence electrons. The quantitative estimate of drug-likeness (QED) is 0.877. The van der Waals surface area contributed by atoms with Crippen molar-refractivity contribution in [1.29, 1.82) is 0 Å². The van der Waals surface area contributed by atoms with E-state index in [-0.39, 0.29) is 5.91 Å². The Hall–Kier alpha value is -1.10. The van der Waals surface area contributed by atoms with Crippen LogP contribution >= 0.6 is 15.9 Å². The average molecular weight is 272 g/mol. The molecule has 0 saturated heterocycles. The Morgan fingerprint density at radius 1 is 1.60 bits per heavy atom. The Morgan fingerprint density at radius 2 is 2.33 bits per heavy atom. The van der Waals surface area contributed by atoms with Crippen LogP contribution in [0.5, 0.6) is 0 Å². The third-order valence-electron chi connectivity index (χ3n) is 1.97. The first-order valence-electron chi connectivity index (χ1n) is 4.70. The van der Waals surface area contributed by atoms with E-state index in [9.17, 15) is 4.79 Å². The molecule has 0 aliphatic carbocycles. The Balaban J connectivity index is 2.47. The fourth-order valence-corrected chi connectivity index (χ4v) is 1.59. The smallest absolute Gasteiger partial charge is 0.221 e. The van der Waals surface area contributed by atoms with Gasteiger partial charge in [0.05, 0.1) is 0 Å². The molecule has 0 atom stereocenters. The van der Waals surface area contributed by atoms with Gasteiger partial charge in [-0.05, 0) is 34.5 Å². The van der Waals surface area contributed by atoms with E-state index in [0.717, 1.165) is 15.9 Å². The third kappa shape index (κ3) is 3.87. The molecule has 1 rings (SSSR count). The van der Waals surface area contributed by atoms with Gasteiger partial charge in [-0.2, -0.15) is 0 Å². The van der Waals surface area contributed by atoms with Crippen LogP contribution in [0.25, 0.3) is 0 Å². The number of rotatable bonds is 4. The van der Waals surface area contributed by atoms with E-state index in [4.69, 9.17) is 0 Å². The predicted molar refractivity (Wildman–Crippen MR) is 63.8 cm³/mol. The standard InChI is InChI=1S/C10H14BrN3O/c1-7-5-8(11)6-14-10(7)13-4-3-9(15)12-2/h5-6H,3-4H2,1-2H3,(H,12,15)(H,13,14). The number of carbonyl (C=O) groups excluding carboxylic acids is 1. The maximum atomic E-state index is 11.0. The largest absolute Gasteiger partial charge is 0.369 e. The SMILES string of the molecule is CNC(=O)CCNc1ncc(Br)cc1C. The van der Waals surface area contributed by atoms with Gasteiger partial charge in [0.2, 0.25) is 5.91 Å². The van der Waals surface area contributed by atoms with Gasteiger partial charge < -0.3 is 10.6 Å². The minimum atomic E-state index is 0.0252. The maximum Gasteiger partial charge on any atom is 0.221 e. The summed E-state index contributed by atoms with van der Waals surface area (Å²) in [5, 5.41) is 5.68. The first kappa shape index (κ1) is 12.0. The highest BCUT2D eigenvalue weighted by Gasteiger charge is 2.01. The second-order valence-electron chi connectivity index (χ2n) is 3.17. The summed E-state index contributed by atoms with van der Waals surface area (Å²) in [7, 11) is 1.63. The monoisotopic (exact) mass is 271 g/mol. The molecule has 2 N–H and O–H groups in total. The maximum absolute atomic E-state index is 11.0. The molecule has 0 fully saturated rings. The van der Waals surface area contributed by atoms with E-state index in [2.05, 4.69) is 31.5 Å². The van der Waals surface area contributed by atoms with Crippen molar-refractivity contribution in [2.45, 2.75) is 13.3 Å². The van der Waals surface area contributed by atoms with Gasteiger partial charge in [-0.15, -0.1) is 0 Å². The third-order valence-corrected chi connectivity index (χ3v) is 2.40. The van der Waals surface area contributed by atoms with Gasteiger partial charge in [-0.1, -0.05) is 0 Å². The zero-order valence-corrected chi connectivity index (χ0v) is 10.4. The van der Waals surface area contributed by atoms with E-state index in [1.54, 1.807) is 13.2 Å². The van der Waals surface area contributed by atoms with E-state index in [1.165, 1.54) is 0 Å². The highest BCUT2D eigenvalue weighted by molar-refractivity contribution is 9.10. The Bertz CT molecular complexity index is 355. The number of amides is 1. The lowest BCUT2D eigenvalue weighted by atomic mass is 10.3. The Labute approximate surface area is 97.6 Å². The van der Waals surface area contributed by atoms with E-state index >= 15 is 0 Å². The average Bonchev–Trinajstić information content (AvgIpc) is 2.21. The molecule has 0 saturated carbocycles. The fourth-order valence-electron chi connectivity index (χ4n) is 1.14. The summed E-state index contributed by atoms with van der Waals surface area (Å²) in [5.41, 5.74) is 1.06. The lowest BCUT2D eigenvalue weighted by Gasteiger charge is -2.07. The number of carbonyl (C=O) groups is 1. The van der Waals surface area contributed by atoms with Crippen LogP contribution in [0.15, 0.2) is 16.7 Å². The molecule has 1 aromatic heterocycles. The van der Waals surface area contributed by atoms with Crippen molar-refractivity contribution < 1.29 is 4.79 Å². The summed E-state index contributed by atoms with van der Waals surface area (Å²) in [6.07, 6.45) is 2.18. The van der Waals surface area contributed by atoms with Crippen LogP contribution in [0.2, 0.25) is 0 Å². The number of halogens is 1. The summed E-state index contributed by atoms with van der Waals surface area (Å²) >= 11 is 3.34. The fraction of sp³-hybridized carbons (Fsp3) is 0.400. The molecule has 0 aromatic carbocycles. The minimum absolute atomic E-state index is 0.0252. The molecule has 0 radical (unpaired) electrons. The zero-order valence-electron chi connectivity index (χ0n) is 8.80. The predicted octanol–water partition coefficient (Wildman–Crippen LogP) is 1.70. The topological polar surface area (TPSA) is 54.0 Å². The molecule has 0 bridgehead atoms. The van der Waals surface area contributed by atoms with Crippen molar-refractivity contribution >= 4 is 27.7 Å². The van der Waals surface area contributed by atoms with Gasteiger partial charge in [0.15, 0.2) is 0 Å². The molecule has 0 aliphatic rings. The van der Waals surface area contributed by atoms with Crippen LogP contribution in [0, 0.1) is 6.92 Å². The van der Waals surface area contributed by atoms with Crippen LogP contribution in [-0.4, -0.2) is 24.5 Å². The van der Waals surface area contributed by atoms with Gasteiger partial charge in [0, 0.05) is 30.7 Å². The molecule has 4 nitrogen and oxygen atoms in total. The second kappa shape index (κ2) is 5.70. The number of hydrogen-bond donors (Lipinski definition) is 2. The molecule has 0 spiro atoms. The zero-order chi connectivity index (χ0) is 11.3. The summed E-state index contributed by atoms with van der Waals surface area (Å²) in [5.74, 6) is 0.847. The Morgan fingerprint density at radius 3 is 2.93 bits per heavy atom. The van der Waals surface area contributed by atoms with Gasteiger partial charge in [-0.25, -0.2) is 4.98 Å². The molecular weight excluding hydrogens is 258 g/mol. The summed E-state index contributed by atoms with van der Waals surface area (Å²) in [4.78, 5) is 15.2. The van der Waals surface area contributed by atoms with Crippen LogP contribution in [0.3, 0.4) is 0 Å². The molecule has 0 aliphatic heterocycles. The summed E-state index contributed by atoms with van der Waals surface area (Å²) in [6.45, 7) is 2.56. The summed E-state index contributed by atoms with van der Waals surface area (Å²) in [6, 6.07) is 1.98. The van der Waals surface area contributed by atoms with Crippen LogP contribution < -0.4 is 10.6 Å². The normalized spacial score (nSPS) is 9.80. The van der Waals surface area contributed by atoms with Gasteiger partial charge in [-0.3, -0.25) is 4.79 Å². The number of aryl methyl sites for hydroxylation is 1. The van der Waals surface area contributed by atoms with Crippen molar-refractivity contribution in [3.05, 3.63) is 22.3 Å². The van der Waals surface area contributed by atoms with Crippen molar-refractivity contribution in [2.24, 2.45) is 0 Å². The molecule has 1 heterocycles. The van der Waals surface area contributed by atoms with Crippen LogP contribution in [0.4, 0.5) is 5.82 Å². The van der Waals surface area contributed by atoms with Crippen molar-refractivity contribution in [3.63, 3.8) is 0 Å². The highest BCUT2D eigenvalue weighted by atomic mass is 79.9. The molecule has 0 unspecified atom stereocenters. The first-order chi connectivity index (χ1) is 7.13. The number of aromatic nitrogens is 1. The van der Waals surface area contributed by atoms with Gasteiger partial charge in [0.25, 0.3) is 0 Å². The van der Waals surface area contributed by atoms with Gasteiger partial charge in [0.1, 0.15) is 5.82 Å². The Kier molecular flexibility index (Phi) is 4.55. The number of nitrogens with zero attached hydrogens (tertiary/aromatic N) is 1. The number of nitrogens with one attached hydrogen (secondary N) is 2. The minimum Gasteiger partial charge on any atom is -0.369 e. The van der Waals surface area contributed by atoms with E-state index in [1.807, 2.05) is 13.0 Å². The summed E-state index contributed by atoms with van der Waals surface area (Å²) < 4.78 is 0.955. The van der Waals surface area contributed by atoms with E-state index < -0.39 is 0 Å². The molecule has 15 heavy (non-hydrogen) atoms. The van der Waals surface area contributed by atoms with Crippen LogP contribution in [-0.2, 0) is 4.79 Å². The molecule has 1 amide bonds. The van der Waals surface area contributed by atoms with Crippen molar-refractivity contribution in [3.8, 4) is 0 Å². The molecular formula is C10H14BrN3O. The number of pyridine rings is 1. The number of anilines is 1.